The van der Waals surface area contributed by atoms with Gasteiger partial charge >= 0.3 is 0 Å². The van der Waals surface area contributed by atoms with Crippen molar-refractivity contribution < 1.29 is 4.74 Å². The summed E-state index contributed by atoms with van der Waals surface area (Å²) in [5.41, 5.74) is 3.84. The summed E-state index contributed by atoms with van der Waals surface area (Å²) < 4.78 is 9.70. The summed E-state index contributed by atoms with van der Waals surface area (Å²) in [4.78, 5) is 8.34. The zero-order valence-electron chi connectivity index (χ0n) is 16.3. The number of pyridine rings is 1. The summed E-state index contributed by atoms with van der Waals surface area (Å²) in [5.74, 6) is 2.23. The zero-order valence-corrected chi connectivity index (χ0v) is 16.3. The number of fused-ring (bicyclic) bond motifs is 1. The molecule has 0 spiro atoms. The molecule has 1 fully saturated rings. The van der Waals surface area contributed by atoms with Crippen LogP contribution in [0.4, 0.5) is 11.6 Å². The lowest BCUT2D eigenvalue weighted by Gasteiger charge is -2.27. The molecule has 0 unspecified atom stereocenters. The average molecular weight is 390 g/mol. The molecule has 9 nitrogen and oxygen atoms in total. The van der Waals surface area contributed by atoms with E-state index in [4.69, 9.17) is 4.74 Å². The maximum atomic E-state index is 6.03. The van der Waals surface area contributed by atoms with E-state index in [2.05, 4.69) is 36.9 Å². The van der Waals surface area contributed by atoms with E-state index in [-0.39, 0.29) is 0 Å². The summed E-state index contributed by atoms with van der Waals surface area (Å²) >= 11 is 0. The predicted molar refractivity (Wildman–Crippen MR) is 109 cm³/mol. The minimum absolute atomic E-state index is 0.430. The third-order valence-corrected chi connectivity index (χ3v) is 5.07. The van der Waals surface area contributed by atoms with Crippen molar-refractivity contribution in [2.24, 2.45) is 7.05 Å². The lowest BCUT2D eigenvalue weighted by atomic mass is 10.1. The van der Waals surface area contributed by atoms with Gasteiger partial charge in [-0.05, 0) is 32.0 Å². The van der Waals surface area contributed by atoms with E-state index in [9.17, 15) is 0 Å². The van der Waals surface area contributed by atoms with Crippen molar-refractivity contribution in [2.45, 2.75) is 19.4 Å². The third kappa shape index (κ3) is 3.52. The fourth-order valence-electron chi connectivity index (χ4n) is 3.39. The Balaban J connectivity index is 1.42. The van der Waals surface area contributed by atoms with Crippen LogP contribution in [0.3, 0.4) is 0 Å². The van der Waals surface area contributed by atoms with Crippen molar-refractivity contribution >= 4 is 17.2 Å². The number of aromatic nitrogens is 6. The first-order chi connectivity index (χ1) is 14.2. The first kappa shape index (κ1) is 17.6. The highest BCUT2D eigenvalue weighted by atomic mass is 16.5. The van der Waals surface area contributed by atoms with Crippen LogP contribution in [0.25, 0.3) is 16.8 Å². The van der Waals surface area contributed by atoms with Gasteiger partial charge in [0.05, 0.1) is 11.7 Å². The molecule has 1 aliphatic heterocycles. The molecular formula is C20H22N8O. The Hall–Kier alpha value is -3.46. The largest absolute Gasteiger partial charge is 0.488 e. The lowest BCUT2D eigenvalue weighted by Crippen LogP contribution is -2.46. The zero-order chi connectivity index (χ0) is 19.8. The van der Waals surface area contributed by atoms with Gasteiger partial charge in [-0.3, -0.25) is 4.68 Å². The molecule has 1 saturated heterocycles. The quantitative estimate of drug-likeness (QED) is 0.522. The fourth-order valence-corrected chi connectivity index (χ4v) is 3.39. The topological polar surface area (TPSA) is 94.2 Å². The molecular weight excluding hydrogens is 368 g/mol. The summed E-state index contributed by atoms with van der Waals surface area (Å²) in [6.45, 7) is 3.65. The molecule has 0 saturated carbocycles. The number of anilines is 2. The molecule has 0 aromatic carbocycles. The molecule has 4 aromatic heterocycles. The van der Waals surface area contributed by atoms with Gasteiger partial charge in [0, 0.05) is 42.7 Å². The molecule has 0 aliphatic carbocycles. The molecule has 148 valence electrons. The van der Waals surface area contributed by atoms with Gasteiger partial charge < -0.3 is 15.4 Å². The highest BCUT2D eigenvalue weighted by Crippen LogP contribution is 2.31. The van der Waals surface area contributed by atoms with Crippen LogP contribution in [0, 0.1) is 6.92 Å². The minimum Gasteiger partial charge on any atom is -0.488 e. The lowest BCUT2D eigenvalue weighted by molar-refractivity contribution is 0.218. The van der Waals surface area contributed by atoms with Crippen molar-refractivity contribution in [1.29, 1.82) is 0 Å². The Morgan fingerprint density at radius 2 is 2.14 bits per heavy atom. The molecule has 2 N–H and O–H groups in total. The van der Waals surface area contributed by atoms with Gasteiger partial charge in [-0.15, -0.1) is 0 Å². The van der Waals surface area contributed by atoms with Gasteiger partial charge in [0.1, 0.15) is 24.4 Å². The monoisotopic (exact) mass is 390 g/mol. The fraction of sp³-hybridized carbons (Fsp3) is 0.300. The molecule has 1 atom stereocenters. The predicted octanol–water partition coefficient (Wildman–Crippen LogP) is 2.32. The highest BCUT2D eigenvalue weighted by Gasteiger charge is 2.19. The average Bonchev–Trinajstić information content (AvgIpc) is 3.22. The van der Waals surface area contributed by atoms with Crippen molar-refractivity contribution in [1.82, 2.24) is 34.7 Å². The molecule has 5 heterocycles. The van der Waals surface area contributed by atoms with Gasteiger partial charge in [-0.1, -0.05) is 0 Å². The van der Waals surface area contributed by atoms with Crippen LogP contribution in [-0.2, 0) is 7.05 Å². The van der Waals surface area contributed by atoms with Crippen molar-refractivity contribution in [3.05, 3.63) is 48.7 Å². The second-order valence-corrected chi connectivity index (χ2v) is 7.22. The van der Waals surface area contributed by atoms with Gasteiger partial charge in [0.2, 0.25) is 0 Å². The second-order valence-electron chi connectivity index (χ2n) is 7.22. The van der Waals surface area contributed by atoms with Crippen LogP contribution < -0.4 is 15.4 Å². The third-order valence-electron chi connectivity index (χ3n) is 5.07. The van der Waals surface area contributed by atoms with Gasteiger partial charge in [0.25, 0.3) is 0 Å². The van der Waals surface area contributed by atoms with E-state index in [0.29, 0.717) is 18.5 Å². The maximum Gasteiger partial charge on any atom is 0.165 e. The summed E-state index contributed by atoms with van der Waals surface area (Å²) in [6, 6.07) is 8.39. The normalized spacial score (nSPS) is 16.0. The molecule has 0 amide bonds. The molecule has 0 bridgehead atoms. The van der Waals surface area contributed by atoms with E-state index >= 15 is 0 Å². The summed E-state index contributed by atoms with van der Waals surface area (Å²) in [5, 5.41) is 15.5. The molecule has 4 aromatic rings. The van der Waals surface area contributed by atoms with Crippen LogP contribution >= 0.6 is 0 Å². The smallest absolute Gasteiger partial charge is 0.165 e. The van der Waals surface area contributed by atoms with Crippen LogP contribution in [-0.4, -0.2) is 48.6 Å². The van der Waals surface area contributed by atoms with Crippen LogP contribution in [0.5, 0.6) is 5.75 Å². The summed E-state index contributed by atoms with van der Waals surface area (Å²) in [7, 11) is 1.93. The van der Waals surface area contributed by atoms with Crippen LogP contribution in [0.2, 0.25) is 0 Å². The molecule has 1 aliphatic rings. The van der Waals surface area contributed by atoms with Gasteiger partial charge in [-0.2, -0.15) is 10.2 Å². The number of ether oxygens (including phenoxy) is 1. The number of aryl methyl sites for hydroxylation is 2. The standard InChI is InChI=1S/C20H22N8O/c1-13-7-18(23-12-22-13)25-19-9-16-8-14(4-6-28(16)26-19)20-17(10-24-27(20)2)29-11-15-3-5-21-15/h4,6-10,12,15,21H,3,5,11H2,1-2H3,(H,22,23,25,26)/t15-/m1/s1. The van der Waals surface area contributed by atoms with E-state index in [1.54, 1.807) is 6.20 Å². The Labute approximate surface area is 167 Å². The van der Waals surface area contributed by atoms with Crippen molar-refractivity contribution in [3.63, 3.8) is 0 Å². The molecule has 29 heavy (non-hydrogen) atoms. The Kier molecular flexibility index (Phi) is 4.36. The van der Waals surface area contributed by atoms with Gasteiger partial charge in [-0.25, -0.2) is 14.5 Å². The molecule has 9 heteroatoms. The van der Waals surface area contributed by atoms with Crippen LogP contribution in [0.1, 0.15) is 12.1 Å². The van der Waals surface area contributed by atoms with E-state index in [1.807, 2.05) is 47.6 Å². The Morgan fingerprint density at radius 1 is 1.24 bits per heavy atom. The van der Waals surface area contributed by atoms with Gasteiger partial charge in [0.15, 0.2) is 11.6 Å². The number of hydrogen-bond donors (Lipinski definition) is 2. The number of nitrogens with zero attached hydrogens (tertiary/aromatic N) is 6. The number of rotatable bonds is 6. The Morgan fingerprint density at radius 3 is 2.93 bits per heavy atom. The van der Waals surface area contributed by atoms with Crippen LogP contribution in [0.15, 0.2) is 43.0 Å². The minimum atomic E-state index is 0.430. The number of nitrogens with one attached hydrogen (secondary N) is 2. The van der Waals surface area contributed by atoms with E-state index < -0.39 is 0 Å². The number of hydrogen-bond acceptors (Lipinski definition) is 7. The van der Waals surface area contributed by atoms with Crippen molar-refractivity contribution in [3.8, 4) is 17.0 Å². The van der Waals surface area contributed by atoms with Crippen molar-refractivity contribution in [2.75, 3.05) is 18.5 Å². The van der Waals surface area contributed by atoms with E-state index in [0.717, 1.165) is 47.0 Å². The SMILES string of the molecule is Cc1cc(Nc2cc3cc(-c4c(OC[C@H]5CCN5)cnn4C)ccn3n2)ncn1. The first-order valence-corrected chi connectivity index (χ1v) is 9.59. The molecule has 0 radical (unpaired) electrons. The highest BCUT2D eigenvalue weighted by molar-refractivity contribution is 5.72. The molecule has 5 rings (SSSR count). The summed E-state index contributed by atoms with van der Waals surface area (Å²) in [6.07, 6.45) is 6.40. The second kappa shape index (κ2) is 7.17. The maximum absolute atomic E-state index is 6.03. The van der Waals surface area contributed by atoms with E-state index in [1.165, 1.54) is 6.33 Å². The Bertz CT molecular complexity index is 1160. The first-order valence-electron chi connectivity index (χ1n) is 9.59.